The normalized spacial score (nSPS) is 15.1. The van der Waals surface area contributed by atoms with Gasteiger partial charge in [0.05, 0.1) is 12.5 Å². The first-order valence-electron chi connectivity index (χ1n) is 8.76. The largest absolute Gasteiger partial charge is 0.485 e. The van der Waals surface area contributed by atoms with Crippen LogP contribution in [0, 0.1) is 0 Å². The van der Waals surface area contributed by atoms with Crippen LogP contribution in [0.2, 0.25) is 0 Å². The highest BCUT2D eigenvalue weighted by Crippen LogP contribution is 2.30. The van der Waals surface area contributed by atoms with Gasteiger partial charge in [0.1, 0.15) is 12.4 Å². The Bertz CT molecular complexity index is 1040. The third-order valence-corrected chi connectivity index (χ3v) is 3.98. The van der Waals surface area contributed by atoms with Crippen molar-refractivity contribution in [3.63, 3.8) is 0 Å². The second-order valence-corrected chi connectivity index (χ2v) is 6.04. The molecule has 8 heteroatoms. The summed E-state index contributed by atoms with van der Waals surface area (Å²) in [4.78, 5) is 24.2. The number of benzene rings is 2. The highest BCUT2D eigenvalue weighted by atomic mass is 16.6. The van der Waals surface area contributed by atoms with Gasteiger partial charge in [-0.25, -0.2) is 10.2 Å². The first-order chi connectivity index (χ1) is 14.2. The number of carbonyl (C=O) groups is 2. The molecule has 1 aliphatic rings. The van der Waals surface area contributed by atoms with Crippen LogP contribution in [0.1, 0.15) is 16.1 Å². The number of furan rings is 1. The van der Waals surface area contributed by atoms with E-state index in [1.54, 1.807) is 48.5 Å². The zero-order chi connectivity index (χ0) is 20.1. The lowest BCUT2D eigenvalue weighted by Gasteiger charge is -2.24. The lowest BCUT2D eigenvalue weighted by atomic mass is 10.2. The quantitative estimate of drug-likeness (QED) is 0.310. The molecule has 4 rings (SSSR count). The number of hydrogen-bond donors (Lipinski definition) is 1. The van der Waals surface area contributed by atoms with Crippen LogP contribution in [0.4, 0.5) is 0 Å². The number of nitrogens with zero attached hydrogens (tertiary/aromatic N) is 1. The number of esters is 1. The predicted octanol–water partition coefficient (Wildman–Crippen LogP) is 2.79. The molecule has 0 bridgehead atoms. The van der Waals surface area contributed by atoms with Crippen molar-refractivity contribution in [2.24, 2.45) is 5.10 Å². The summed E-state index contributed by atoms with van der Waals surface area (Å²) in [7, 11) is 0. The van der Waals surface area contributed by atoms with Gasteiger partial charge in [0.15, 0.2) is 11.5 Å². The van der Waals surface area contributed by atoms with Crippen molar-refractivity contribution in [3.05, 3.63) is 78.3 Å². The van der Waals surface area contributed by atoms with Gasteiger partial charge in [-0.3, -0.25) is 4.79 Å². The van der Waals surface area contributed by atoms with Crippen molar-refractivity contribution in [2.75, 3.05) is 6.61 Å². The minimum absolute atomic E-state index is 0.0938. The molecule has 1 N–H and O–H groups in total. The summed E-state index contributed by atoms with van der Waals surface area (Å²) >= 11 is 0. The maximum Gasteiger partial charge on any atom is 0.379 e. The van der Waals surface area contributed by atoms with Crippen LogP contribution >= 0.6 is 0 Å². The number of hydrazone groups is 1. The summed E-state index contributed by atoms with van der Waals surface area (Å²) in [6.07, 6.45) is 2.02. The van der Waals surface area contributed by atoms with Crippen LogP contribution in [-0.4, -0.2) is 30.8 Å². The molecule has 1 aromatic heterocycles. The number of fused-ring (bicyclic) bond motifs is 1. The lowest BCUT2D eigenvalue weighted by Crippen LogP contribution is -2.42. The van der Waals surface area contributed by atoms with E-state index in [9.17, 15) is 9.59 Å². The van der Waals surface area contributed by atoms with Gasteiger partial charge in [-0.15, -0.1) is 0 Å². The third kappa shape index (κ3) is 4.44. The first kappa shape index (κ1) is 18.3. The van der Waals surface area contributed by atoms with E-state index in [1.165, 1.54) is 18.5 Å². The van der Waals surface area contributed by atoms with Gasteiger partial charge < -0.3 is 18.6 Å². The predicted molar refractivity (Wildman–Crippen MR) is 102 cm³/mol. The van der Waals surface area contributed by atoms with E-state index in [4.69, 9.17) is 18.6 Å². The second kappa shape index (κ2) is 8.30. The molecule has 0 saturated heterocycles. The van der Waals surface area contributed by atoms with E-state index in [0.29, 0.717) is 22.8 Å². The number of rotatable bonds is 5. The molecular weight excluding hydrogens is 376 g/mol. The summed E-state index contributed by atoms with van der Waals surface area (Å²) in [6.45, 7) is 0.0938. The van der Waals surface area contributed by atoms with Gasteiger partial charge in [-0.05, 0) is 42.0 Å². The van der Waals surface area contributed by atoms with Crippen molar-refractivity contribution in [1.82, 2.24) is 5.43 Å². The topological polar surface area (TPSA) is 99.4 Å². The van der Waals surface area contributed by atoms with E-state index in [1.807, 2.05) is 6.07 Å². The Morgan fingerprint density at radius 3 is 2.76 bits per heavy atom. The van der Waals surface area contributed by atoms with Gasteiger partial charge in [0.2, 0.25) is 11.9 Å². The second-order valence-electron chi connectivity index (χ2n) is 6.04. The number of para-hydroxylation sites is 2. The Kier molecular flexibility index (Phi) is 5.24. The van der Waals surface area contributed by atoms with Crippen LogP contribution in [0.25, 0.3) is 0 Å². The lowest BCUT2D eigenvalue weighted by molar-refractivity contribution is -0.130. The van der Waals surface area contributed by atoms with Crippen molar-refractivity contribution in [3.8, 4) is 17.2 Å². The van der Waals surface area contributed by atoms with Crippen molar-refractivity contribution >= 4 is 18.1 Å². The molecule has 0 radical (unpaired) electrons. The third-order valence-electron chi connectivity index (χ3n) is 3.98. The van der Waals surface area contributed by atoms with Crippen LogP contribution in [-0.2, 0) is 4.79 Å². The van der Waals surface area contributed by atoms with E-state index < -0.39 is 18.0 Å². The fourth-order valence-electron chi connectivity index (χ4n) is 2.60. The maximum absolute atomic E-state index is 12.2. The smallest absolute Gasteiger partial charge is 0.379 e. The zero-order valence-corrected chi connectivity index (χ0v) is 15.1. The average molecular weight is 392 g/mol. The van der Waals surface area contributed by atoms with Gasteiger partial charge >= 0.3 is 5.97 Å². The summed E-state index contributed by atoms with van der Waals surface area (Å²) < 4.78 is 21.4. The van der Waals surface area contributed by atoms with Crippen molar-refractivity contribution in [2.45, 2.75) is 6.10 Å². The molecule has 8 nitrogen and oxygen atoms in total. The van der Waals surface area contributed by atoms with Gasteiger partial charge in [0.25, 0.3) is 5.91 Å². The summed E-state index contributed by atoms with van der Waals surface area (Å²) in [5.74, 6) is 0.494. The molecule has 0 spiro atoms. The van der Waals surface area contributed by atoms with Crippen LogP contribution in [0.3, 0.4) is 0 Å². The molecule has 2 heterocycles. The highest BCUT2D eigenvalue weighted by Gasteiger charge is 2.26. The first-order valence-corrected chi connectivity index (χ1v) is 8.76. The Morgan fingerprint density at radius 2 is 1.93 bits per heavy atom. The molecule has 0 saturated carbocycles. The number of nitrogens with one attached hydrogen (secondary N) is 1. The molecule has 3 aromatic rings. The molecular formula is C21H16N2O6. The molecule has 1 unspecified atom stereocenters. The average Bonchev–Trinajstić information content (AvgIpc) is 3.29. The van der Waals surface area contributed by atoms with Crippen LogP contribution in [0.15, 0.2) is 76.4 Å². The Labute approximate surface area is 165 Å². The van der Waals surface area contributed by atoms with E-state index >= 15 is 0 Å². The van der Waals surface area contributed by atoms with Gasteiger partial charge in [-0.2, -0.15) is 5.10 Å². The maximum atomic E-state index is 12.2. The minimum Gasteiger partial charge on any atom is -0.485 e. The SMILES string of the molecule is O=C(Oc1cccc(C=NNC(=O)C2COc3ccccc3O2)c1)c1ccco1. The van der Waals surface area contributed by atoms with Gasteiger partial charge in [0, 0.05) is 0 Å². The number of ether oxygens (including phenoxy) is 3. The minimum atomic E-state index is -0.803. The van der Waals surface area contributed by atoms with E-state index in [-0.39, 0.29) is 12.4 Å². The van der Waals surface area contributed by atoms with Crippen molar-refractivity contribution < 1.29 is 28.2 Å². The molecule has 2 aromatic carbocycles. The summed E-state index contributed by atoms with van der Waals surface area (Å²) in [5.41, 5.74) is 3.04. The molecule has 0 aliphatic carbocycles. The molecule has 1 amide bonds. The number of hydrogen-bond acceptors (Lipinski definition) is 7. The fourth-order valence-corrected chi connectivity index (χ4v) is 2.60. The highest BCUT2D eigenvalue weighted by molar-refractivity contribution is 5.89. The molecule has 0 fully saturated rings. The number of amides is 1. The standard InChI is InChI=1S/C21H16N2O6/c24-20(19-13-27-16-7-1-2-8-17(16)29-19)23-22-12-14-5-3-6-15(11-14)28-21(25)18-9-4-10-26-18/h1-12,19H,13H2,(H,23,24). The number of carbonyl (C=O) groups excluding carboxylic acids is 2. The van der Waals surface area contributed by atoms with Crippen LogP contribution < -0.4 is 19.6 Å². The van der Waals surface area contributed by atoms with Crippen LogP contribution in [0.5, 0.6) is 17.2 Å². The summed E-state index contributed by atoms with van der Waals surface area (Å²) in [6, 6.07) is 16.9. The molecule has 1 atom stereocenters. The Morgan fingerprint density at radius 1 is 1.07 bits per heavy atom. The van der Waals surface area contributed by atoms with Gasteiger partial charge in [-0.1, -0.05) is 24.3 Å². The van der Waals surface area contributed by atoms with E-state index in [2.05, 4.69) is 10.5 Å². The van der Waals surface area contributed by atoms with Crippen molar-refractivity contribution in [1.29, 1.82) is 0 Å². The molecule has 1 aliphatic heterocycles. The zero-order valence-electron chi connectivity index (χ0n) is 15.1. The summed E-state index contributed by atoms with van der Waals surface area (Å²) in [5, 5.41) is 3.92. The molecule has 29 heavy (non-hydrogen) atoms. The molecule has 146 valence electrons. The van der Waals surface area contributed by atoms with E-state index in [0.717, 1.165) is 0 Å². The fraction of sp³-hybridized carbons (Fsp3) is 0.0952. The Balaban J connectivity index is 1.34. The Hall–Kier alpha value is -4.07. The monoisotopic (exact) mass is 392 g/mol.